The zero-order valence-corrected chi connectivity index (χ0v) is 41.1. The topological polar surface area (TPSA) is 78.9 Å². The molecule has 0 saturated heterocycles. The van der Waals surface area contributed by atoms with E-state index in [1.807, 2.05) is 0 Å². The highest BCUT2D eigenvalue weighted by Crippen LogP contribution is 2.18. The summed E-state index contributed by atoms with van der Waals surface area (Å²) in [6.45, 7) is 11.4. The van der Waals surface area contributed by atoms with Crippen LogP contribution in [0.3, 0.4) is 0 Å². The lowest BCUT2D eigenvalue weighted by atomic mass is 9.99. The van der Waals surface area contributed by atoms with Crippen LogP contribution in [0.2, 0.25) is 0 Å². The van der Waals surface area contributed by atoms with Crippen LogP contribution in [0.4, 0.5) is 0 Å². The van der Waals surface area contributed by atoms with Crippen LogP contribution < -0.4 is 0 Å². The van der Waals surface area contributed by atoms with Gasteiger partial charge in [0.1, 0.15) is 13.2 Å². The Hall–Kier alpha value is -1.59. The van der Waals surface area contributed by atoms with Crippen molar-refractivity contribution < 1.29 is 28.6 Å². The van der Waals surface area contributed by atoms with Gasteiger partial charge in [0.2, 0.25) is 0 Å². The van der Waals surface area contributed by atoms with Crippen molar-refractivity contribution in [2.24, 2.45) is 11.8 Å². The van der Waals surface area contributed by atoms with Crippen molar-refractivity contribution in [3.63, 3.8) is 0 Å². The molecular formula is C54H104O6. The summed E-state index contributed by atoms with van der Waals surface area (Å²) >= 11 is 0. The Morgan fingerprint density at radius 3 is 0.950 bits per heavy atom. The summed E-state index contributed by atoms with van der Waals surface area (Å²) < 4.78 is 16.8. The van der Waals surface area contributed by atoms with Crippen LogP contribution in [-0.2, 0) is 28.6 Å². The highest BCUT2D eigenvalue weighted by Gasteiger charge is 2.19. The maximum Gasteiger partial charge on any atom is 0.306 e. The van der Waals surface area contributed by atoms with E-state index in [1.54, 1.807) is 0 Å². The lowest BCUT2D eigenvalue weighted by molar-refractivity contribution is -0.167. The molecule has 1 unspecified atom stereocenters. The smallest absolute Gasteiger partial charge is 0.306 e. The van der Waals surface area contributed by atoms with Gasteiger partial charge in [-0.2, -0.15) is 0 Å². The van der Waals surface area contributed by atoms with Gasteiger partial charge in [-0.1, -0.05) is 259 Å². The average molecular weight is 849 g/mol. The largest absolute Gasteiger partial charge is 0.462 e. The summed E-state index contributed by atoms with van der Waals surface area (Å²) in [4.78, 5) is 37.9. The van der Waals surface area contributed by atoms with Crippen molar-refractivity contribution in [2.45, 2.75) is 304 Å². The second-order valence-electron chi connectivity index (χ2n) is 19.2. The molecular weight excluding hydrogens is 745 g/mol. The van der Waals surface area contributed by atoms with Gasteiger partial charge in [0.25, 0.3) is 0 Å². The first kappa shape index (κ1) is 58.4. The van der Waals surface area contributed by atoms with E-state index in [9.17, 15) is 14.4 Å². The predicted molar refractivity (Wildman–Crippen MR) is 256 cm³/mol. The Balaban J connectivity index is 4.25. The van der Waals surface area contributed by atoms with Gasteiger partial charge in [0.15, 0.2) is 6.10 Å². The lowest BCUT2D eigenvalue weighted by Gasteiger charge is -2.18. The van der Waals surface area contributed by atoms with Gasteiger partial charge in [0, 0.05) is 19.3 Å². The number of hydrogen-bond donors (Lipinski definition) is 0. The molecule has 356 valence electrons. The third kappa shape index (κ3) is 45.9. The molecule has 0 heterocycles. The summed E-state index contributed by atoms with van der Waals surface area (Å²) in [6, 6.07) is 0. The Morgan fingerprint density at radius 1 is 0.350 bits per heavy atom. The van der Waals surface area contributed by atoms with Crippen molar-refractivity contribution in [2.75, 3.05) is 13.2 Å². The molecule has 0 aliphatic heterocycles. The first-order valence-electron chi connectivity index (χ1n) is 26.8. The normalized spacial score (nSPS) is 12.5. The summed E-state index contributed by atoms with van der Waals surface area (Å²) in [7, 11) is 0. The number of carbonyl (C=O) groups excluding carboxylic acids is 3. The molecule has 6 nitrogen and oxygen atoms in total. The lowest BCUT2D eigenvalue weighted by Crippen LogP contribution is -2.30. The van der Waals surface area contributed by atoms with E-state index >= 15 is 0 Å². The summed E-state index contributed by atoms with van der Waals surface area (Å²) in [5, 5.41) is 0. The second kappa shape index (κ2) is 46.9. The fraction of sp³-hybridized carbons (Fsp3) is 0.944. The van der Waals surface area contributed by atoms with Crippen molar-refractivity contribution in [1.29, 1.82) is 0 Å². The number of hydrogen-bond acceptors (Lipinski definition) is 6. The van der Waals surface area contributed by atoms with Crippen molar-refractivity contribution in [3.8, 4) is 0 Å². The second-order valence-corrected chi connectivity index (χ2v) is 19.2. The van der Waals surface area contributed by atoms with Crippen molar-refractivity contribution >= 4 is 17.9 Å². The van der Waals surface area contributed by atoms with Crippen LogP contribution in [0.15, 0.2) is 0 Å². The molecule has 2 atom stereocenters. The number of ether oxygens (including phenoxy) is 3. The van der Waals surface area contributed by atoms with E-state index in [0.29, 0.717) is 19.3 Å². The van der Waals surface area contributed by atoms with Gasteiger partial charge in [-0.05, 0) is 31.1 Å². The van der Waals surface area contributed by atoms with Gasteiger partial charge in [-0.25, -0.2) is 0 Å². The predicted octanol–water partition coefficient (Wildman–Crippen LogP) is 17.3. The molecule has 0 aliphatic carbocycles. The maximum absolute atomic E-state index is 12.8. The highest BCUT2D eigenvalue weighted by molar-refractivity contribution is 5.71. The minimum Gasteiger partial charge on any atom is -0.462 e. The van der Waals surface area contributed by atoms with Crippen LogP contribution >= 0.6 is 0 Å². The van der Waals surface area contributed by atoms with Gasteiger partial charge in [-0.3, -0.25) is 14.4 Å². The number of rotatable bonds is 48. The molecule has 0 aromatic rings. The summed E-state index contributed by atoms with van der Waals surface area (Å²) in [5.74, 6) is 0.807. The maximum atomic E-state index is 12.8. The molecule has 0 fully saturated rings. The summed E-state index contributed by atoms with van der Waals surface area (Å²) in [6.07, 6.45) is 48.1. The quantitative estimate of drug-likeness (QED) is 0.0345. The number of esters is 3. The van der Waals surface area contributed by atoms with E-state index < -0.39 is 6.10 Å². The van der Waals surface area contributed by atoms with Gasteiger partial charge >= 0.3 is 17.9 Å². The third-order valence-corrected chi connectivity index (χ3v) is 12.6. The zero-order chi connectivity index (χ0) is 44.0. The third-order valence-electron chi connectivity index (χ3n) is 12.6. The van der Waals surface area contributed by atoms with Gasteiger partial charge in [-0.15, -0.1) is 0 Å². The van der Waals surface area contributed by atoms with Crippen LogP contribution in [0.25, 0.3) is 0 Å². The number of carbonyl (C=O) groups is 3. The van der Waals surface area contributed by atoms with E-state index in [2.05, 4.69) is 34.6 Å². The van der Waals surface area contributed by atoms with E-state index in [4.69, 9.17) is 14.2 Å². The zero-order valence-electron chi connectivity index (χ0n) is 41.1. The minimum absolute atomic E-state index is 0.0641. The molecule has 0 aromatic heterocycles. The van der Waals surface area contributed by atoms with Crippen LogP contribution in [-0.4, -0.2) is 37.2 Å². The Labute approximate surface area is 374 Å². The molecule has 0 aliphatic rings. The Kier molecular flexibility index (Phi) is 45.7. The Bertz CT molecular complexity index is 918. The van der Waals surface area contributed by atoms with E-state index in [-0.39, 0.29) is 31.1 Å². The highest BCUT2D eigenvalue weighted by atomic mass is 16.6. The van der Waals surface area contributed by atoms with Crippen LogP contribution in [0.5, 0.6) is 0 Å². The van der Waals surface area contributed by atoms with Gasteiger partial charge in [0.05, 0.1) is 0 Å². The fourth-order valence-electron chi connectivity index (χ4n) is 8.13. The Morgan fingerprint density at radius 2 is 0.633 bits per heavy atom. The molecule has 0 saturated carbocycles. The molecule has 60 heavy (non-hydrogen) atoms. The molecule has 0 amide bonds. The SMILES string of the molecule is CCCCCCCCCCCCCCCCCC(=O)OC[C@@H](COC(=O)CCCCCCCCC(C)C)OC(=O)CCCCCCCCCCCCCCCCC(C)CC. The molecule has 0 N–H and O–H groups in total. The first-order valence-corrected chi connectivity index (χ1v) is 26.8. The minimum atomic E-state index is -0.762. The molecule has 0 aromatic carbocycles. The monoisotopic (exact) mass is 849 g/mol. The first-order chi connectivity index (χ1) is 29.3. The average Bonchev–Trinajstić information content (AvgIpc) is 3.23. The van der Waals surface area contributed by atoms with Crippen molar-refractivity contribution in [3.05, 3.63) is 0 Å². The summed E-state index contributed by atoms with van der Waals surface area (Å²) in [5.41, 5.74) is 0. The standard InChI is InChI=1S/C54H104O6/c1-6-8-9-10-11-12-13-14-15-19-22-25-28-34-39-44-52(55)58-47-51(48-59-53(56)45-40-35-31-30-32-37-42-49(3)4)60-54(57)46-41-36-29-26-23-20-17-16-18-21-24-27-33-38-43-50(5)7-2/h49-51H,6-48H2,1-5H3/t50?,51-/m0/s1. The van der Waals surface area contributed by atoms with E-state index in [1.165, 1.54) is 186 Å². The molecule has 6 heteroatoms. The van der Waals surface area contributed by atoms with Crippen LogP contribution in [0.1, 0.15) is 298 Å². The molecule has 0 rings (SSSR count). The van der Waals surface area contributed by atoms with Crippen molar-refractivity contribution in [1.82, 2.24) is 0 Å². The molecule has 0 radical (unpaired) electrons. The fourth-order valence-corrected chi connectivity index (χ4v) is 8.13. The van der Waals surface area contributed by atoms with Gasteiger partial charge < -0.3 is 14.2 Å². The molecule has 0 bridgehead atoms. The molecule has 0 spiro atoms. The van der Waals surface area contributed by atoms with Crippen LogP contribution in [0, 0.1) is 11.8 Å². The number of unbranched alkanes of at least 4 members (excludes halogenated alkanes) is 32. The van der Waals surface area contributed by atoms with E-state index in [0.717, 1.165) is 69.6 Å².